The fourth-order valence-corrected chi connectivity index (χ4v) is 2.88. The number of carbonyl (C=O) groups is 1. The van der Waals surface area contributed by atoms with Gasteiger partial charge in [0.1, 0.15) is 11.6 Å². The number of pyridine rings is 1. The minimum atomic E-state index is -0.724. The molecule has 0 radical (unpaired) electrons. The van der Waals surface area contributed by atoms with Crippen LogP contribution in [0.15, 0.2) is 42.5 Å². The SMILES string of the molecule is Nc1c(Cl)c(Cl)nc(C(=O)OCc2cccc3ccccc23)c1Cl. The number of nitrogens with zero attached hydrogens (tertiary/aromatic N) is 1. The van der Waals surface area contributed by atoms with E-state index in [9.17, 15) is 4.79 Å². The highest BCUT2D eigenvalue weighted by Gasteiger charge is 2.21. The summed E-state index contributed by atoms with van der Waals surface area (Å²) in [5.41, 5.74) is 6.41. The minimum absolute atomic E-state index is 0.00422. The first kappa shape index (κ1) is 16.8. The number of carbonyl (C=O) groups excluding carboxylic acids is 1. The first-order valence-corrected chi connectivity index (χ1v) is 8.06. The van der Waals surface area contributed by atoms with Crippen molar-refractivity contribution in [2.75, 3.05) is 5.73 Å². The van der Waals surface area contributed by atoms with Crippen LogP contribution in [0.2, 0.25) is 15.2 Å². The summed E-state index contributed by atoms with van der Waals surface area (Å²) < 4.78 is 5.31. The number of aromatic nitrogens is 1. The number of hydrogen-bond donors (Lipinski definition) is 1. The quantitative estimate of drug-likeness (QED) is 0.504. The molecule has 0 saturated heterocycles. The Morgan fingerprint density at radius 3 is 2.54 bits per heavy atom. The fourth-order valence-electron chi connectivity index (χ4n) is 2.30. The molecule has 24 heavy (non-hydrogen) atoms. The Labute approximate surface area is 153 Å². The van der Waals surface area contributed by atoms with Crippen LogP contribution in [0, 0.1) is 0 Å². The fraction of sp³-hybridized carbons (Fsp3) is 0.0588. The number of nitrogen functional groups attached to an aromatic ring is 1. The van der Waals surface area contributed by atoms with Gasteiger partial charge in [0.25, 0.3) is 0 Å². The summed E-state index contributed by atoms with van der Waals surface area (Å²) in [5, 5.41) is 1.89. The van der Waals surface area contributed by atoms with E-state index in [2.05, 4.69) is 4.98 Å². The molecule has 0 fully saturated rings. The molecule has 1 aromatic heterocycles. The molecule has 0 bridgehead atoms. The summed E-state index contributed by atoms with van der Waals surface area (Å²) in [7, 11) is 0. The first-order valence-electron chi connectivity index (χ1n) is 6.92. The van der Waals surface area contributed by atoms with Crippen LogP contribution >= 0.6 is 34.8 Å². The summed E-state index contributed by atoms with van der Waals surface area (Å²) in [6.07, 6.45) is 0. The van der Waals surface area contributed by atoms with Crippen LogP contribution in [0.1, 0.15) is 16.1 Å². The standard InChI is InChI=1S/C17H11Cl3N2O2/c18-12-14(21)13(19)16(20)22-15(12)17(23)24-8-10-6-3-5-9-4-1-2-7-11(9)10/h1-7H,8H2,(H2,21,22). The van der Waals surface area contributed by atoms with Crippen molar-refractivity contribution in [3.63, 3.8) is 0 Å². The molecule has 0 spiro atoms. The summed E-state index contributed by atoms with van der Waals surface area (Å²) in [5.74, 6) is -0.724. The zero-order valence-corrected chi connectivity index (χ0v) is 14.5. The predicted molar refractivity (Wildman–Crippen MR) is 96.7 cm³/mol. The van der Waals surface area contributed by atoms with Crippen LogP contribution in [-0.2, 0) is 11.3 Å². The summed E-state index contributed by atoms with van der Waals surface area (Å²) >= 11 is 17.7. The number of esters is 1. The molecule has 3 rings (SSSR count). The average molecular weight is 382 g/mol. The van der Waals surface area contributed by atoms with E-state index >= 15 is 0 Å². The van der Waals surface area contributed by atoms with Crippen LogP contribution in [-0.4, -0.2) is 11.0 Å². The Morgan fingerprint density at radius 1 is 1.04 bits per heavy atom. The van der Waals surface area contributed by atoms with Crippen LogP contribution in [0.5, 0.6) is 0 Å². The van der Waals surface area contributed by atoms with E-state index < -0.39 is 5.97 Å². The molecular formula is C17H11Cl3N2O2. The van der Waals surface area contributed by atoms with Crippen LogP contribution < -0.4 is 5.73 Å². The van der Waals surface area contributed by atoms with E-state index in [0.29, 0.717) is 0 Å². The summed E-state index contributed by atoms with van der Waals surface area (Å²) in [6, 6.07) is 13.6. The van der Waals surface area contributed by atoms with Crippen molar-refractivity contribution in [3.05, 3.63) is 68.9 Å². The lowest BCUT2D eigenvalue weighted by Crippen LogP contribution is -2.10. The number of hydrogen-bond acceptors (Lipinski definition) is 4. The second-order valence-electron chi connectivity index (χ2n) is 5.01. The lowest BCUT2D eigenvalue weighted by Gasteiger charge is -2.10. The lowest BCUT2D eigenvalue weighted by atomic mass is 10.1. The minimum Gasteiger partial charge on any atom is -0.456 e. The maximum atomic E-state index is 12.3. The molecular weight excluding hydrogens is 371 g/mol. The number of anilines is 1. The van der Waals surface area contributed by atoms with Crippen molar-refractivity contribution in [1.82, 2.24) is 4.98 Å². The van der Waals surface area contributed by atoms with Crippen LogP contribution in [0.25, 0.3) is 10.8 Å². The van der Waals surface area contributed by atoms with Gasteiger partial charge in [0.15, 0.2) is 10.8 Å². The molecule has 0 aliphatic carbocycles. The van der Waals surface area contributed by atoms with Crippen molar-refractivity contribution in [1.29, 1.82) is 0 Å². The number of fused-ring (bicyclic) bond motifs is 1. The van der Waals surface area contributed by atoms with E-state index in [4.69, 9.17) is 45.3 Å². The third-order valence-electron chi connectivity index (χ3n) is 3.50. The third-order valence-corrected chi connectivity index (χ3v) is 4.64. The van der Waals surface area contributed by atoms with E-state index in [1.54, 1.807) is 0 Å². The molecule has 0 aliphatic rings. The van der Waals surface area contributed by atoms with E-state index in [1.165, 1.54) is 0 Å². The molecule has 7 heteroatoms. The molecule has 4 nitrogen and oxygen atoms in total. The zero-order valence-electron chi connectivity index (χ0n) is 12.2. The van der Waals surface area contributed by atoms with E-state index in [1.807, 2.05) is 42.5 Å². The highest BCUT2D eigenvalue weighted by molar-refractivity contribution is 6.46. The van der Waals surface area contributed by atoms with Gasteiger partial charge in [0, 0.05) is 0 Å². The number of nitrogens with two attached hydrogens (primary N) is 1. The number of halogens is 3. The summed E-state index contributed by atoms with van der Waals surface area (Å²) in [4.78, 5) is 16.1. The smallest absolute Gasteiger partial charge is 0.358 e. The highest BCUT2D eigenvalue weighted by Crippen LogP contribution is 2.34. The zero-order chi connectivity index (χ0) is 17.3. The van der Waals surface area contributed by atoms with Crippen LogP contribution in [0.3, 0.4) is 0 Å². The van der Waals surface area contributed by atoms with Crippen molar-refractivity contribution in [2.24, 2.45) is 0 Å². The second-order valence-corrected chi connectivity index (χ2v) is 6.12. The number of ether oxygens (including phenoxy) is 1. The number of benzene rings is 2. The molecule has 0 unspecified atom stereocenters. The highest BCUT2D eigenvalue weighted by atomic mass is 35.5. The molecule has 3 aromatic rings. The van der Waals surface area contributed by atoms with Gasteiger partial charge in [0.05, 0.1) is 10.7 Å². The van der Waals surface area contributed by atoms with E-state index in [0.717, 1.165) is 16.3 Å². The molecule has 0 atom stereocenters. The monoisotopic (exact) mass is 380 g/mol. The molecule has 0 aliphatic heterocycles. The second kappa shape index (κ2) is 6.85. The average Bonchev–Trinajstić information content (AvgIpc) is 2.60. The Kier molecular flexibility index (Phi) is 4.81. The van der Waals surface area contributed by atoms with Gasteiger partial charge < -0.3 is 10.5 Å². The van der Waals surface area contributed by atoms with Gasteiger partial charge in [-0.15, -0.1) is 0 Å². The number of rotatable bonds is 3. The van der Waals surface area contributed by atoms with Crippen molar-refractivity contribution in [3.8, 4) is 0 Å². The van der Waals surface area contributed by atoms with Crippen molar-refractivity contribution < 1.29 is 9.53 Å². The third kappa shape index (κ3) is 3.13. The van der Waals surface area contributed by atoms with Gasteiger partial charge >= 0.3 is 5.97 Å². The predicted octanol–water partition coefficient (Wildman–Crippen LogP) is 5.13. The Morgan fingerprint density at radius 2 is 1.75 bits per heavy atom. The van der Waals surface area contributed by atoms with Gasteiger partial charge in [-0.05, 0) is 16.3 Å². The van der Waals surface area contributed by atoms with Crippen molar-refractivity contribution in [2.45, 2.75) is 6.61 Å². The topological polar surface area (TPSA) is 65.2 Å². The molecule has 122 valence electrons. The lowest BCUT2D eigenvalue weighted by molar-refractivity contribution is 0.0467. The molecule has 2 N–H and O–H groups in total. The largest absolute Gasteiger partial charge is 0.456 e. The van der Waals surface area contributed by atoms with Gasteiger partial charge in [-0.2, -0.15) is 0 Å². The van der Waals surface area contributed by atoms with Gasteiger partial charge in [0.2, 0.25) is 0 Å². The van der Waals surface area contributed by atoms with Gasteiger partial charge in [-0.1, -0.05) is 77.3 Å². The Balaban J connectivity index is 1.86. The van der Waals surface area contributed by atoms with E-state index in [-0.39, 0.29) is 33.2 Å². The van der Waals surface area contributed by atoms with Gasteiger partial charge in [-0.25, -0.2) is 9.78 Å². The molecule has 2 aromatic carbocycles. The normalized spacial score (nSPS) is 10.8. The van der Waals surface area contributed by atoms with Crippen molar-refractivity contribution >= 4 is 57.2 Å². The molecule has 0 amide bonds. The molecule has 0 saturated carbocycles. The maximum absolute atomic E-state index is 12.3. The van der Waals surface area contributed by atoms with Crippen LogP contribution in [0.4, 0.5) is 5.69 Å². The Bertz CT molecular complexity index is 939. The first-order chi connectivity index (χ1) is 11.5. The summed E-state index contributed by atoms with van der Waals surface area (Å²) in [6.45, 7) is 0.0678. The van der Waals surface area contributed by atoms with Gasteiger partial charge in [-0.3, -0.25) is 0 Å². The maximum Gasteiger partial charge on any atom is 0.358 e. The Hall–Kier alpha value is -2.01. The molecule has 1 heterocycles.